The predicted molar refractivity (Wildman–Crippen MR) is 84.5 cm³/mol. The SMILES string of the molecule is COCC(C)NC(=O)CNc1c(Br)cc(C)cc1Br. The summed E-state index contributed by atoms with van der Waals surface area (Å²) in [5.74, 6) is -0.0658. The van der Waals surface area contributed by atoms with E-state index in [2.05, 4.69) is 42.5 Å². The van der Waals surface area contributed by atoms with Gasteiger partial charge in [-0.05, 0) is 63.4 Å². The van der Waals surface area contributed by atoms with Crippen LogP contribution in [0.1, 0.15) is 12.5 Å². The first-order valence-electron chi connectivity index (χ1n) is 5.92. The van der Waals surface area contributed by atoms with Gasteiger partial charge in [0.15, 0.2) is 0 Å². The number of carbonyl (C=O) groups is 1. The van der Waals surface area contributed by atoms with Crippen LogP contribution in [-0.4, -0.2) is 32.2 Å². The smallest absolute Gasteiger partial charge is 0.239 e. The van der Waals surface area contributed by atoms with E-state index < -0.39 is 0 Å². The summed E-state index contributed by atoms with van der Waals surface area (Å²) in [6.07, 6.45) is 0. The number of rotatable bonds is 6. The third kappa shape index (κ3) is 5.50. The second-order valence-corrected chi connectivity index (χ2v) is 6.09. The van der Waals surface area contributed by atoms with Crippen LogP contribution in [0.4, 0.5) is 5.69 Å². The van der Waals surface area contributed by atoms with E-state index in [9.17, 15) is 4.79 Å². The lowest BCUT2D eigenvalue weighted by atomic mass is 10.2. The zero-order valence-electron chi connectivity index (χ0n) is 11.2. The van der Waals surface area contributed by atoms with Gasteiger partial charge in [-0.1, -0.05) is 0 Å². The van der Waals surface area contributed by atoms with Crippen LogP contribution in [-0.2, 0) is 9.53 Å². The van der Waals surface area contributed by atoms with Crippen molar-refractivity contribution in [2.75, 3.05) is 25.6 Å². The average molecular weight is 394 g/mol. The number of hydrogen-bond acceptors (Lipinski definition) is 3. The Morgan fingerprint density at radius 2 is 1.95 bits per heavy atom. The number of anilines is 1. The molecule has 0 saturated carbocycles. The van der Waals surface area contributed by atoms with E-state index in [1.807, 2.05) is 26.0 Å². The lowest BCUT2D eigenvalue weighted by Gasteiger charge is -2.15. The van der Waals surface area contributed by atoms with Crippen molar-refractivity contribution in [2.45, 2.75) is 19.9 Å². The molecule has 0 bridgehead atoms. The zero-order chi connectivity index (χ0) is 14.4. The summed E-state index contributed by atoms with van der Waals surface area (Å²) in [5.41, 5.74) is 2.02. The van der Waals surface area contributed by atoms with Crippen molar-refractivity contribution in [3.05, 3.63) is 26.6 Å². The number of carbonyl (C=O) groups excluding carboxylic acids is 1. The van der Waals surface area contributed by atoms with Gasteiger partial charge in [-0.2, -0.15) is 0 Å². The van der Waals surface area contributed by atoms with Crippen molar-refractivity contribution in [2.24, 2.45) is 0 Å². The summed E-state index contributed by atoms with van der Waals surface area (Å²) in [6, 6.07) is 4.00. The molecule has 1 amide bonds. The number of ether oxygens (including phenoxy) is 1. The third-order valence-electron chi connectivity index (χ3n) is 2.44. The Balaban J connectivity index is 2.55. The second kappa shape index (κ2) is 7.87. The number of hydrogen-bond donors (Lipinski definition) is 2. The van der Waals surface area contributed by atoms with Gasteiger partial charge in [0, 0.05) is 22.1 Å². The number of benzene rings is 1. The first-order chi connectivity index (χ1) is 8.93. The van der Waals surface area contributed by atoms with Crippen LogP contribution in [0, 0.1) is 6.92 Å². The standard InChI is InChI=1S/C13H18Br2N2O2/c1-8-4-10(14)13(11(15)5-8)16-6-12(18)17-9(2)7-19-3/h4-5,9,16H,6-7H2,1-3H3,(H,17,18). The first kappa shape index (κ1) is 16.5. The van der Waals surface area contributed by atoms with Gasteiger partial charge in [0.2, 0.25) is 5.91 Å². The molecule has 19 heavy (non-hydrogen) atoms. The van der Waals surface area contributed by atoms with Gasteiger partial charge in [-0.15, -0.1) is 0 Å². The fraction of sp³-hybridized carbons (Fsp3) is 0.462. The minimum absolute atomic E-state index is 0.00389. The van der Waals surface area contributed by atoms with Gasteiger partial charge in [-0.3, -0.25) is 4.79 Å². The van der Waals surface area contributed by atoms with Gasteiger partial charge in [0.05, 0.1) is 18.8 Å². The Hall–Kier alpha value is -0.590. The molecule has 0 radical (unpaired) electrons. The molecule has 0 aliphatic carbocycles. The molecule has 4 nitrogen and oxygen atoms in total. The maximum Gasteiger partial charge on any atom is 0.239 e. The molecule has 1 aromatic carbocycles. The predicted octanol–water partition coefficient (Wildman–Crippen LogP) is 3.08. The highest BCUT2D eigenvalue weighted by Gasteiger charge is 2.10. The Labute approximate surface area is 130 Å². The van der Waals surface area contributed by atoms with Crippen molar-refractivity contribution < 1.29 is 9.53 Å². The molecular weight excluding hydrogens is 376 g/mol. The van der Waals surface area contributed by atoms with E-state index in [0.717, 1.165) is 20.2 Å². The maximum atomic E-state index is 11.7. The fourth-order valence-corrected chi connectivity index (χ4v) is 3.35. The lowest BCUT2D eigenvalue weighted by molar-refractivity contribution is -0.120. The minimum Gasteiger partial charge on any atom is -0.383 e. The van der Waals surface area contributed by atoms with E-state index >= 15 is 0 Å². The second-order valence-electron chi connectivity index (χ2n) is 4.38. The van der Waals surface area contributed by atoms with Crippen LogP contribution in [0.25, 0.3) is 0 Å². The third-order valence-corrected chi connectivity index (χ3v) is 3.69. The van der Waals surface area contributed by atoms with Gasteiger partial charge >= 0.3 is 0 Å². The number of nitrogens with one attached hydrogen (secondary N) is 2. The average Bonchev–Trinajstić information content (AvgIpc) is 2.27. The van der Waals surface area contributed by atoms with Crippen LogP contribution >= 0.6 is 31.9 Å². The van der Waals surface area contributed by atoms with Crippen molar-refractivity contribution in [3.63, 3.8) is 0 Å². The van der Waals surface area contributed by atoms with E-state index in [1.165, 1.54) is 0 Å². The van der Waals surface area contributed by atoms with E-state index in [-0.39, 0.29) is 18.5 Å². The van der Waals surface area contributed by atoms with Crippen LogP contribution in [0.3, 0.4) is 0 Å². The molecule has 1 aromatic rings. The summed E-state index contributed by atoms with van der Waals surface area (Å²) < 4.78 is 6.82. The highest BCUT2D eigenvalue weighted by molar-refractivity contribution is 9.11. The maximum absolute atomic E-state index is 11.7. The molecule has 6 heteroatoms. The highest BCUT2D eigenvalue weighted by atomic mass is 79.9. The quantitative estimate of drug-likeness (QED) is 0.780. The molecule has 0 saturated heterocycles. The molecule has 0 aromatic heterocycles. The summed E-state index contributed by atoms with van der Waals surface area (Å²) in [4.78, 5) is 11.7. The Bertz CT molecular complexity index is 429. The summed E-state index contributed by atoms with van der Waals surface area (Å²) in [7, 11) is 1.61. The van der Waals surface area contributed by atoms with Crippen LogP contribution in [0.5, 0.6) is 0 Å². The molecule has 1 atom stereocenters. The lowest BCUT2D eigenvalue weighted by Crippen LogP contribution is -2.39. The number of aryl methyl sites for hydroxylation is 1. The van der Waals surface area contributed by atoms with Gasteiger partial charge in [0.25, 0.3) is 0 Å². The number of methoxy groups -OCH3 is 1. The molecular formula is C13H18Br2N2O2. The Morgan fingerprint density at radius 3 is 2.47 bits per heavy atom. The van der Waals surface area contributed by atoms with Crippen molar-refractivity contribution in [1.82, 2.24) is 5.32 Å². The molecule has 2 N–H and O–H groups in total. The van der Waals surface area contributed by atoms with Gasteiger partial charge in [0.1, 0.15) is 0 Å². The molecule has 0 heterocycles. The van der Waals surface area contributed by atoms with E-state index in [0.29, 0.717) is 6.61 Å². The molecule has 0 fully saturated rings. The van der Waals surface area contributed by atoms with Crippen molar-refractivity contribution in [3.8, 4) is 0 Å². The van der Waals surface area contributed by atoms with Gasteiger partial charge in [-0.25, -0.2) is 0 Å². The Kier molecular flexibility index (Phi) is 6.82. The fourth-order valence-electron chi connectivity index (χ4n) is 1.65. The highest BCUT2D eigenvalue weighted by Crippen LogP contribution is 2.31. The van der Waals surface area contributed by atoms with E-state index in [1.54, 1.807) is 7.11 Å². The Morgan fingerprint density at radius 1 is 1.37 bits per heavy atom. The van der Waals surface area contributed by atoms with Gasteiger partial charge < -0.3 is 15.4 Å². The largest absolute Gasteiger partial charge is 0.383 e. The number of amides is 1. The molecule has 1 unspecified atom stereocenters. The van der Waals surface area contributed by atoms with E-state index in [4.69, 9.17) is 4.74 Å². The normalized spacial score (nSPS) is 12.1. The molecule has 106 valence electrons. The van der Waals surface area contributed by atoms with Crippen molar-refractivity contribution >= 4 is 43.5 Å². The topological polar surface area (TPSA) is 50.4 Å². The van der Waals surface area contributed by atoms with Crippen LogP contribution in [0.2, 0.25) is 0 Å². The summed E-state index contributed by atoms with van der Waals surface area (Å²) >= 11 is 6.96. The summed E-state index contributed by atoms with van der Waals surface area (Å²) in [5, 5.41) is 5.95. The minimum atomic E-state index is -0.0658. The molecule has 1 rings (SSSR count). The number of halogens is 2. The monoisotopic (exact) mass is 392 g/mol. The van der Waals surface area contributed by atoms with Crippen LogP contribution in [0.15, 0.2) is 21.1 Å². The zero-order valence-corrected chi connectivity index (χ0v) is 14.4. The summed E-state index contributed by atoms with van der Waals surface area (Å²) in [6.45, 7) is 4.63. The van der Waals surface area contributed by atoms with Crippen LogP contribution < -0.4 is 10.6 Å². The first-order valence-corrected chi connectivity index (χ1v) is 7.50. The van der Waals surface area contributed by atoms with Crippen molar-refractivity contribution in [1.29, 1.82) is 0 Å². The molecule has 0 aliphatic rings. The molecule has 0 aliphatic heterocycles. The molecule has 0 spiro atoms.